The lowest BCUT2D eigenvalue weighted by Crippen LogP contribution is -2.10. The van der Waals surface area contributed by atoms with Crippen LogP contribution in [0, 0.1) is 10.1 Å². The summed E-state index contributed by atoms with van der Waals surface area (Å²) >= 11 is 1.63. The third-order valence-corrected chi connectivity index (χ3v) is 3.13. The second-order valence-electron chi connectivity index (χ2n) is 2.88. The van der Waals surface area contributed by atoms with Gasteiger partial charge in [0.05, 0.1) is 16.5 Å². The number of rotatable bonds is 1. The fraction of sp³-hybridized carbons (Fsp3) is 0.250. The van der Waals surface area contributed by atoms with E-state index in [9.17, 15) is 10.1 Å². The molecule has 0 bridgehead atoms. The first-order valence-electron chi connectivity index (χ1n) is 3.81. The first kappa shape index (κ1) is 8.37. The molecule has 0 saturated carbocycles. The standard InChI is InChI=1S/C8H8N2O2S/c1-9-5-13-8-4-6(10(11)12)2-3-7(8)9/h2-4H,5H2,1H3. The number of nitro benzene ring substituents is 1. The normalized spacial score (nSPS) is 14.4. The van der Waals surface area contributed by atoms with Gasteiger partial charge < -0.3 is 4.90 Å². The number of nitro groups is 1. The van der Waals surface area contributed by atoms with E-state index in [0.29, 0.717) is 0 Å². The molecule has 0 aliphatic carbocycles. The Balaban J connectivity index is 2.45. The highest BCUT2D eigenvalue weighted by molar-refractivity contribution is 7.99. The smallest absolute Gasteiger partial charge is 0.270 e. The Labute approximate surface area is 79.7 Å². The lowest BCUT2D eigenvalue weighted by atomic mass is 10.3. The lowest BCUT2D eigenvalue weighted by Gasteiger charge is -2.09. The first-order valence-corrected chi connectivity index (χ1v) is 4.79. The molecule has 0 atom stereocenters. The third-order valence-electron chi connectivity index (χ3n) is 1.98. The van der Waals surface area contributed by atoms with E-state index in [-0.39, 0.29) is 10.6 Å². The van der Waals surface area contributed by atoms with Crippen molar-refractivity contribution in [1.82, 2.24) is 0 Å². The van der Waals surface area contributed by atoms with Gasteiger partial charge in [-0.1, -0.05) is 0 Å². The maximum Gasteiger partial charge on any atom is 0.270 e. The number of anilines is 1. The van der Waals surface area contributed by atoms with Crippen LogP contribution in [0.3, 0.4) is 0 Å². The van der Waals surface area contributed by atoms with Crippen molar-refractivity contribution in [3.8, 4) is 0 Å². The van der Waals surface area contributed by atoms with Crippen LogP contribution in [0.5, 0.6) is 0 Å². The van der Waals surface area contributed by atoms with E-state index in [1.165, 1.54) is 0 Å². The van der Waals surface area contributed by atoms with E-state index in [1.54, 1.807) is 30.0 Å². The summed E-state index contributed by atoms with van der Waals surface area (Å²) in [6.07, 6.45) is 0. The molecule has 4 nitrogen and oxygen atoms in total. The molecule has 2 rings (SSSR count). The van der Waals surface area contributed by atoms with Crippen molar-refractivity contribution in [1.29, 1.82) is 0 Å². The van der Waals surface area contributed by atoms with E-state index in [0.717, 1.165) is 16.5 Å². The van der Waals surface area contributed by atoms with E-state index < -0.39 is 0 Å². The quantitative estimate of drug-likeness (QED) is 0.509. The third kappa shape index (κ3) is 1.35. The molecule has 1 aliphatic rings. The average molecular weight is 196 g/mol. The zero-order valence-electron chi connectivity index (χ0n) is 7.06. The summed E-state index contributed by atoms with van der Waals surface area (Å²) in [5.41, 5.74) is 1.25. The number of hydrogen-bond acceptors (Lipinski definition) is 4. The van der Waals surface area contributed by atoms with Crippen molar-refractivity contribution in [3.05, 3.63) is 28.3 Å². The molecule has 0 N–H and O–H groups in total. The summed E-state index contributed by atoms with van der Waals surface area (Å²) in [4.78, 5) is 13.2. The molecule has 68 valence electrons. The predicted octanol–water partition coefficient (Wildman–Crippen LogP) is 2.09. The minimum absolute atomic E-state index is 0.168. The highest BCUT2D eigenvalue weighted by Crippen LogP contribution is 2.39. The molecule has 0 saturated heterocycles. The Bertz CT molecular complexity index is 367. The molecule has 13 heavy (non-hydrogen) atoms. The van der Waals surface area contributed by atoms with Crippen molar-refractivity contribution >= 4 is 23.1 Å². The first-order chi connectivity index (χ1) is 6.18. The molecule has 0 fully saturated rings. The molecule has 1 aliphatic heterocycles. The van der Waals surface area contributed by atoms with E-state index in [1.807, 2.05) is 7.05 Å². The molecular formula is C8H8N2O2S. The summed E-state index contributed by atoms with van der Waals surface area (Å²) in [7, 11) is 1.98. The van der Waals surface area contributed by atoms with Crippen LogP contribution >= 0.6 is 11.8 Å². The Kier molecular flexibility index (Phi) is 1.88. The van der Waals surface area contributed by atoms with Crippen LogP contribution < -0.4 is 4.90 Å². The Hall–Kier alpha value is -1.23. The Morgan fingerprint density at radius 2 is 2.38 bits per heavy atom. The SMILES string of the molecule is CN1CSc2cc([N+](=O)[O-])ccc21. The molecule has 0 spiro atoms. The van der Waals surface area contributed by atoms with E-state index in [2.05, 4.69) is 4.90 Å². The van der Waals surface area contributed by atoms with Gasteiger partial charge in [0.1, 0.15) is 0 Å². The number of benzene rings is 1. The summed E-state index contributed by atoms with van der Waals surface area (Å²) in [5, 5.41) is 10.5. The van der Waals surface area contributed by atoms with Gasteiger partial charge in [-0.05, 0) is 6.07 Å². The molecule has 0 unspecified atom stereocenters. The van der Waals surface area contributed by atoms with E-state index >= 15 is 0 Å². The summed E-state index contributed by atoms with van der Waals surface area (Å²) in [6.45, 7) is 0. The molecule has 5 heteroatoms. The fourth-order valence-corrected chi connectivity index (χ4v) is 2.33. The van der Waals surface area contributed by atoms with Gasteiger partial charge in [0.2, 0.25) is 0 Å². The van der Waals surface area contributed by atoms with Crippen molar-refractivity contribution in [2.45, 2.75) is 4.90 Å². The van der Waals surface area contributed by atoms with Crippen molar-refractivity contribution in [2.75, 3.05) is 17.8 Å². The van der Waals surface area contributed by atoms with Gasteiger partial charge >= 0.3 is 0 Å². The predicted molar refractivity (Wildman–Crippen MR) is 52.2 cm³/mol. The monoisotopic (exact) mass is 196 g/mol. The maximum absolute atomic E-state index is 10.5. The molecule has 0 radical (unpaired) electrons. The Morgan fingerprint density at radius 1 is 1.62 bits per heavy atom. The number of nitrogens with zero attached hydrogens (tertiary/aromatic N) is 2. The number of fused-ring (bicyclic) bond motifs is 1. The van der Waals surface area contributed by atoms with Crippen molar-refractivity contribution in [2.24, 2.45) is 0 Å². The second-order valence-corrected chi connectivity index (χ2v) is 3.87. The molecule has 0 aromatic heterocycles. The highest BCUT2D eigenvalue weighted by Gasteiger charge is 2.19. The second kappa shape index (κ2) is 2.92. The highest BCUT2D eigenvalue weighted by atomic mass is 32.2. The number of hydrogen-bond donors (Lipinski definition) is 0. The zero-order chi connectivity index (χ0) is 9.42. The van der Waals surface area contributed by atoms with Crippen LogP contribution in [0.4, 0.5) is 11.4 Å². The molecule has 1 heterocycles. The van der Waals surface area contributed by atoms with Crippen LogP contribution in [0.15, 0.2) is 23.1 Å². The van der Waals surface area contributed by atoms with Crippen LogP contribution in [-0.2, 0) is 0 Å². The molecule has 1 aromatic rings. The van der Waals surface area contributed by atoms with Gasteiger partial charge in [-0.15, -0.1) is 11.8 Å². The lowest BCUT2D eigenvalue weighted by molar-refractivity contribution is -0.385. The van der Waals surface area contributed by atoms with E-state index in [4.69, 9.17) is 0 Å². The average Bonchev–Trinajstić information content (AvgIpc) is 2.47. The minimum atomic E-state index is -0.362. The van der Waals surface area contributed by atoms with Gasteiger partial charge in [-0.2, -0.15) is 0 Å². The fourth-order valence-electron chi connectivity index (χ4n) is 1.28. The van der Waals surface area contributed by atoms with Gasteiger partial charge in [0.15, 0.2) is 0 Å². The molecular weight excluding hydrogens is 188 g/mol. The largest absolute Gasteiger partial charge is 0.364 e. The van der Waals surface area contributed by atoms with Gasteiger partial charge in [0.25, 0.3) is 5.69 Å². The van der Waals surface area contributed by atoms with Gasteiger partial charge in [0, 0.05) is 24.1 Å². The minimum Gasteiger partial charge on any atom is -0.364 e. The number of non-ortho nitro benzene ring substituents is 1. The van der Waals surface area contributed by atoms with Gasteiger partial charge in [-0.3, -0.25) is 10.1 Å². The van der Waals surface area contributed by atoms with Gasteiger partial charge in [-0.25, -0.2) is 0 Å². The molecule has 0 amide bonds. The summed E-state index contributed by atoms with van der Waals surface area (Å²) in [5.74, 6) is 0.872. The Morgan fingerprint density at radius 3 is 3.08 bits per heavy atom. The van der Waals surface area contributed by atoms with Crippen molar-refractivity contribution < 1.29 is 4.92 Å². The maximum atomic E-state index is 10.5. The number of thioether (sulfide) groups is 1. The zero-order valence-corrected chi connectivity index (χ0v) is 7.87. The topological polar surface area (TPSA) is 46.4 Å². The van der Waals surface area contributed by atoms with Crippen LogP contribution in [-0.4, -0.2) is 17.8 Å². The summed E-state index contributed by atoms with van der Waals surface area (Å²) in [6, 6.07) is 4.97. The van der Waals surface area contributed by atoms with Crippen LogP contribution in [0.25, 0.3) is 0 Å². The molecule has 1 aromatic carbocycles. The summed E-state index contributed by atoms with van der Waals surface area (Å²) < 4.78 is 0. The van der Waals surface area contributed by atoms with Crippen molar-refractivity contribution in [3.63, 3.8) is 0 Å². The van der Waals surface area contributed by atoms with Crippen LogP contribution in [0.2, 0.25) is 0 Å². The van der Waals surface area contributed by atoms with Crippen LogP contribution in [0.1, 0.15) is 0 Å².